The molecule has 0 saturated heterocycles. The van der Waals surface area contributed by atoms with Crippen molar-refractivity contribution < 1.29 is 37.3 Å². The molecule has 2 N–H and O–H groups in total. The van der Waals surface area contributed by atoms with Crippen LogP contribution < -0.4 is 4.74 Å². The molecule has 3 rings (SSSR count). The third-order valence-corrected chi connectivity index (χ3v) is 5.19. The molecular weight excluding hydrogens is 475 g/mol. The van der Waals surface area contributed by atoms with Crippen LogP contribution in [0.4, 0.5) is 17.6 Å². The quantitative estimate of drug-likeness (QED) is 0.384. The minimum absolute atomic E-state index is 0.102. The topological polar surface area (TPSA) is 66.8 Å². The lowest BCUT2D eigenvalue weighted by Crippen LogP contribution is -2.09. The number of aromatic hydroxyl groups is 1. The van der Waals surface area contributed by atoms with Crippen LogP contribution >= 0.6 is 23.2 Å². The Labute approximate surface area is 189 Å². The molecule has 168 valence electrons. The van der Waals surface area contributed by atoms with E-state index in [0.29, 0.717) is 17.2 Å². The highest BCUT2D eigenvalue weighted by Gasteiger charge is 2.35. The number of phenols is 1. The lowest BCUT2D eigenvalue weighted by atomic mass is 9.96. The summed E-state index contributed by atoms with van der Waals surface area (Å²) in [6.45, 7) is -0.587. The van der Waals surface area contributed by atoms with E-state index in [1.54, 1.807) is 0 Å². The van der Waals surface area contributed by atoms with Gasteiger partial charge in [0, 0.05) is 27.6 Å². The summed E-state index contributed by atoms with van der Waals surface area (Å²) in [6.07, 6.45) is -4.79. The second-order valence-electron chi connectivity index (χ2n) is 6.74. The summed E-state index contributed by atoms with van der Waals surface area (Å²) in [5.41, 5.74) is -1.06. The highest BCUT2D eigenvalue weighted by atomic mass is 35.5. The van der Waals surface area contributed by atoms with Gasteiger partial charge < -0.3 is 14.9 Å². The Hall–Kier alpha value is -2.97. The number of carboxylic acid groups (broad SMARTS) is 1. The molecule has 0 aliphatic rings. The van der Waals surface area contributed by atoms with Crippen molar-refractivity contribution >= 4 is 29.2 Å². The fourth-order valence-corrected chi connectivity index (χ4v) is 3.65. The van der Waals surface area contributed by atoms with Gasteiger partial charge in [-0.1, -0.05) is 41.4 Å². The SMILES string of the molecule is O=C(O)COc1cc(Cl)c(Cc2ccc(O)c(-c3cccc(C(F)(F)F)c3F)c2)c(Cl)c1. The summed E-state index contributed by atoms with van der Waals surface area (Å²) >= 11 is 12.5. The monoisotopic (exact) mass is 488 g/mol. The summed E-state index contributed by atoms with van der Waals surface area (Å²) in [4.78, 5) is 10.6. The second kappa shape index (κ2) is 9.26. The lowest BCUT2D eigenvalue weighted by Gasteiger charge is -2.14. The van der Waals surface area contributed by atoms with Gasteiger partial charge in [0.25, 0.3) is 0 Å². The van der Waals surface area contributed by atoms with Crippen LogP contribution in [0.2, 0.25) is 10.0 Å². The van der Waals surface area contributed by atoms with E-state index in [0.717, 1.165) is 12.1 Å². The molecule has 0 fully saturated rings. The number of carboxylic acids is 1. The first-order chi connectivity index (χ1) is 15.0. The highest BCUT2D eigenvalue weighted by molar-refractivity contribution is 6.36. The minimum atomic E-state index is -4.89. The van der Waals surface area contributed by atoms with Crippen LogP contribution in [-0.2, 0) is 17.4 Å². The molecule has 0 bridgehead atoms. The van der Waals surface area contributed by atoms with E-state index in [1.807, 2.05) is 0 Å². The van der Waals surface area contributed by atoms with Gasteiger partial charge in [0.05, 0.1) is 5.56 Å². The lowest BCUT2D eigenvalue weighted by molar-refractivity contribution is -0.140. The second-order valence-corrected chi connectivity index (χ2v) is 7.56. The van der Waals surface area contributed by atoms with Crippen molar-refractivity contribution in [3.05, 3.63) is 81.1 Å². The number of hydrogen-bond acceptors (Lipinski definition) is 3. The zero-order valence-electron chi connectivity index (χ0n) is 16.0. The molecule has 0 saturated carbocycles. The van der Waals surface area contributed by atoms with Crippen molar-refractivity contribution in [3.63, 3.8) is 0 Å². The van der Waals surface area contributed by atoms with Crippen LogP contribution in [0.1, 0.15) is 16.7 Å². The molecule has 0 unspecified atom stereocenters. The molecule has 0 radical (unpaired) electrons. The van der Waals surface area contributed by atoms with E-state index in [-0.39, 0.29) is 27.8 Å². The minimum Gasteiger partial charge on any atom is -0.507 e. The summed E-state index contributed by atoms with van der Waals surface area (Å²) in [5, 5.41) is 19.2. The molecule has 0 spiro atoms. The molecule has 3 aromatic rings. The van der Waals surface area contributed by atoms with Gasteiger partial charge in [0.15, 0.2) is 6.61 Å². The Balaban J connectivity index is 1.97. The number of aliphatic carboxylic acids is 1. The Morgan fingerprint density at radius 1 is 1.00 bits per heavy atom. The number of hydrogen-bond donors (Lipinski definition) is 2. The van der Waals surface area contributed by atoms with Crippen LogP contribution in [0.5, 0.6) is 11.5 Å². The van der Waals surface area contributed by atoms with Gasteiger partial charge in [0.1, 0.15) is 17.3 Å². The number of ether oxygens (including phenoxy) is 1. The van der Waals surface area contributed by atoms with E-state index >= 15 is 0 Å². The third-order valence-electron chi connectivity index (χ3n) is 4.51. The van der Waals surface area contributed by atoms with Crippen molar-refractivity contribution in [2.75, 3.05) is 6.61 Å². The van der Waals surface area contributed by atoms with Crippen LogP contribution in [0.15, 0.2) is 48.5 Å². The predicted molar refractivity (Wildman–Crippen MR) is 111 cm³/mol. The Morgan fingerprint density at radius 3 is 2.25 bits per heavy atom. The van der Waals surface area contributed by atoms with Crippen molar-refractivity contribution in [2.24, 2.45) is 0 Å². The molecule has 0 heterocycles. The van der Waals surface area contributed by atoms with Crippen LogP contribution in [0.3, 0.4) is 0 Å². The number of carbonyl (C=O) groups is 1. The van der Waals surface area contributed by atoms with E-state index < -0.39 is 41.4 Å². The van der Waals surface area contributed by atoms with Gasteiger partial charge in [-0.05, 0) is 41.5 Å². The number of benzene rings is 3. The van der Waals surface area contributed by atoms with E-state index in [1.165, 1.54) is 30.3 Å². The Bertz CT molecular complexity index is 1160. The maximum atomic E-state index is 14.6. The standard InChI is InChI=1S/C22H14Cl2F4O4/c23-17-8-12(32-10-20(30)31)9-18(24)15(17)7-11-4-5-19(29)14(6-11)13-2-1-3-16(21(13)25)22(26,27)28/h1-6,8-9,29H,7,10H2,(H,30,31). The van der Waals surface area contributed by atoms with Gasteiger partial charge in [-0.2, -0.15) is 13.2 Å². The molecule has 0 aliphatic carbocycles. The predicted octanol–water partition coefficient (Wildman–Crippen LogP) is 6.58. The smallest absolute Gasteiger partial charge is 0.419 e. The number of rotatable bonds is 6. The van der Waals surface area contributed by atoms with E-state index in [4.69, 9.17) is 33.0 Å². The van der Waals surface area contributed by atoms with Crippen LogP contribution in [-0.4, -0.2) is 22.8 Å². The summed E-state index contributed by atoms with van der Waals surface area (Å²) < 4.78 is 58.8. The van der Waals surface area contributed by atoms with Gasteiger partial charge in [-0.15, -0.1) is 0 Å². The zero-order valence-corrected chi connectivity index (χ0v) is 17.5. The van der Waals surface area contributed by atoms with E-state index in [9.17, 15) is 27.5 Å². The average molecular weight is 489 g/mol. The first-order valence-electron chi connectivity index (χ1n) is 8.98. The molecular formula is C22H14Cl2F4O4. The van der Waals surface area contributed by atoms with Gasteiger partial charge in [0.2, 0.25) is 0 Å². The van der Waals surface area contributed by atoms with Gasteiger partial charge >= 0.3 is 12.1 Å². The van der Waals surface area contributed by atoms with Gasteiger partial charge in [-0.25, -0.2) is 9.18 Å². The molecule has 0 amide bonds. The Kier molecular flexibility index (Phi) is 6.85. The van der Waals surface area contributed by atoms with Crippen molar-refractivity contribution in [2.45, 2.75) is 12.6 Å². The maximum absolute atomic E-state index is 14.6. The summed E-state index contributed by atoms with van der Waals surface area (Å²) in [7, 11) is 0. The molecule has 3 aromatic carbocycles. The number of alkyl halides is 3. The van der Waals surface area contributed by atoms with E-state index in [2.05, 4.69) is 0 Å². The molecule has 10 heteroatoms. The van der Waals surface area contributed by atoms with Crippen molar-refractivity contribution in [1.29, 1.82) is 0 Å². The molecule has 0 aromatic heterocycles. The molecule has 4 nitrogen and oxygen atoms in total. The van der Waals surface area contributed by atoms with Gasteiger partial charge in [-0.3, -0.25) is 0 Å². The van der Waals surface area contributed by atoms with Crippen molar-refractivity contribution in [3.8, 4) is 22.6 Å². The highest BCUT2D eigenvalue weighted by Crippen LogP contribution is 2.39. The maximum Gasteiger partial charge on any atom is 0.419 e. The number of phenolic OH excluding ortho intramolecular Hbond substituents is 1. The zero-order chi connectivity index (χ0) is 23.6. The molecule has 0 aliphatic heterocycles. The summed E-state index contributed by atoms with van der Waals surface area (Å²) in [6, 6.07) is 9.62. The normalized spacial score (nSPS) is 11.4. The fourth-order valence-electron chi connectivity index (χ4n) is 3.05. The largest absolute Gasteiger partial charge is 0.507 e. The number of halogens is 6. The first-order valence-corrected chi connectivity index (χ1v) is 9.73. The average Bonchev–Trinajstić information content (AvgIpc) is 2.70. The Morgan fingerprint density at radius 2 is 1.66 bits per heavy atom. The molecule has 32 heavy (non-hydrogen) atoms. The third kappa shape index (κ3) is 5.26. The summed E-state index contributed by atoms with van der Waals surface area (Å²) in [5.74, 6) is -2.94. The molecule has 0 atom stereocenters. The fraction of sp³-hybridized carbons (Fsp3) is 0.136. The van der Waals surface area contributed by atoms with Crippen molar-refractivity contribution in [1.82, 2.24) is 0 Å². The van der Waals surface area contributed by atoms with Crippen LogP contribution in [0.25, 0.3) is 11.1 Å². The first kappa shape index (κ1) is 23.7. The van der Waals surface area contributed by atoms with Crippen LogP contribution in [0, 0.1) is 5.82 Å².